The number of amides is 1. The van der Waals surface area contributed by atoms with Crippen molar-refractivity contribution in [2.45, 2.75) is 20.4 Å². The number of carbonyl (C=O) groups excluding carboxylic acids is 2. The molecule has 0 atom stereocenters. The number of hydrogen-bond acceptors (Lipinski definition) is 8. The molecule has 2 heterocycles. The van der Waals surface area contributed by atoms with Gasteiger partial charge < -0.3 is 14.6 Å². The molecule has 0 spiro atoms. The number of rotatable bonds is 6. The molecule has 0 radical (unpaired) electrons. The largest absolute Gasteiger partial charge is 0.454 e. The minimum absolute atomic E-state index is 0.254. The van der Waals surface area contributed by atoms with Crippen molar-refractivity contribution < 1.29 is 18.8 Å². The average Bonchev–Trinajstić information content (AvgIpc) is 3.23. The van der Waals surface area contributed by atoms with Gasteiger partial charge in [-0.15, -0.1) is 10.2 Å². The predicted molar refractivity (Wildman–Crippen MR) is 88.8 cm³/mol. The third-order valence-corrected chi connectivity index (χ3v) is 3.29. The summed E-state index contributed by atoms with van der Waals surface area (Å²) in [7, 11) is 0. The number of carbonyl (C=O) groups is 2. The zero-order valence-corrected chi connectivity index (χ0v) is 14.2. The number of nitrogens with zero attached hydrogens (tertiary/aromatic N) is 5. The first-order chi connectivity index (χ1) is 12.5. The first kappa shape index (κ1) is 17.3. The molecular weight excluding hydrogens is 340 g/mol. The molecule has 0 saturated carbocycles. The molecule has 10 heteroatoms. The van der Waals surface area contributed by atoms with Crippen molar-refractivity contribution >= 4 is 17.7 Å². The molecule has 0 bridgehead atoms. The Morgan fingerprint density at radius 3 is 2.69 bits per heavy atom. The number of hydrogen-bond donors (Lipinski definition) is 1. The lowest BCUT2D eigenvalue weighted by Gasteiger charge is -2.03. The third-order valence-electron chi connectivity index (χ3n) is 3.29. The van der Waals surface area contributed by atoms with Crippen LogP contribution in [-0.4, -0.2) is 43.8 Å². The summed E-state index contributed by atoms with van der Waals surface area (Å²) >= 11 is 0. The highest BCUT2D eigenvalue weighted by atomic mass is 16.5. The van der Waals surface area contributed by atoms with Crippen LogP contribution in [0, 0.1) is 13.8 Å². The molecule has 1 amide bonds. The molecule has 0 fully saturated rings. The standard InChI is InChI=1S/C16H16N6O4/c1-10-3-5-12(6-4-10)16-18-21-22(19-16)8-15(24)25-9-14(23)17-13-7-11(2)26-20-13/h3-7H,8-9H2,1-2H3,(H,17,20,23). The zero-order chi connectivity index (χ0) is 18.5. The maximum Gasteiger partial charge on any atom is 0.330 e. The van der Waals surface area contributed by atoms with Gasteiger partial charge in [-0.05, 0) is 19.1 Å². The summed E-state index contributed by atoms with van der Waals surface area (Å²) in [4.78, 5) is 24.6. The smallest absolute Gasteiger partial charge is 0.330 e. The molecule has 26 heavy (non-hydrogen) atoms. The monoisotopic (exact) mass is 356 g/mol. The third kappa shape index (κ3) is 4.50. The second-order valence-corrected chi connectivity index (χ2v) is 5.54. The lowest BCUT2D eigenvalue weighted by atomic mass is 10.1. The van der Waals surface area contributed by atoms with Gasteiger partial charge in [0.1, 0.15) is 5.76 Å². The topological polar surface area (TPSA) is 125 Å². The fourth-order valence-electron chi connectivity index (χ4n) is 2.04. The quantitative estimate of drug-likeness (QED) is 0.652. The van der Waals surface area contributed by atoms with Gasteiger partial charge in [-0.1, -0.05) is 35.0 Å². The molecule has 3 rings (SSSR count). The van der Waals surface area contributed by atoms with Crippen LogP contribution in [0.1, 0.15) is 11.3 Å². The fraction of sp³-hybridized carbons (Fsp3) is 0.250. The van der Waals surface area contributed by atoms with Crippen LogP contribution in [0.4, 0.5) is 5.82 Å². The van der Waals surface area contributed by atoms with E-state index in [1.54, 1.807) is 13.0 Å². The van der Waals surface area contributed by atoms with Crippen LogP contribution in [0.5, 0.6) is 0 Å². The number of tetrazole rings is 1. The van der Waals surface area contributed by atoms with Crippen molar-refractivity contribution in [3.05, 3.63) is 41.7 Å². The number of ether oxygens (including phenoxy) is 1. The van der Waals surface area contributed by atoms with Crippen LogP contribution in [0.25, 0.3) is 11.4 Å². The van der Waals surface area contributed by atoms with Gasteiger partial charge in [0.25, 0.3) is 5.91 Å². The van der Waals surface area contributed by atoms with Gasteiger partial charge in [-0.2, -0.15) is 4.80 Å². The maximum atomic E-state index is 11.8. The fourth-order valence-corrected chi connectivity index (χ4v) is 2.04. The molecule has 134 valence electrons. The Morgan fingerprint density at radius 1 is 1.23 bits per heavy atom. The number of benzene rings is 1. The van der Waals surface area contributed by atoms with E-state index in [-0.39, 0.29) is 12.4 Å². The highest BCUT2D eigenvalue weighted by Gasteiger charge is 2.13. The van der Waals surface area contributed by atoms with Gasteiger partial charge in [-0.25, -0.2) is 4.79 Å². The molecule has 2 aromatic heterocycles. The van der Waals surface area contributed by atoms with Crippen molar-refractivity contribution in [2.75, 3.05) is 11.9 Å². The zero-order valence-electron chi connectivity index (χ0n) is 14.2. The lowest BCUT2D eigenvalue weighted by Crippen LogP contribution is -2.23. The van der Waals surface area contributed by atoms with E-state index in [1.165, 1.54) is 0 Å². The van der Waals surface area contributed by atoms with Crippen molar-refractivity contribution in [2.24, 2.45) is 0 Å². The van der Waals surface area contributed by atoms with Gasteiger partial charge >= 0.3 is 5.97 Å². The average molecular weight is 356 g/mol. The summed E-state index contributed by atoms with van der Waals surface area (Å²) < 4.78 is 9.70. The summed E-state index contributed by atoms with van der Waals surface area (Å²) in [5.41, 5.74) is 1.90. The van der Waals surface area contributed by atoms with Crippen LogP contribution in [-0.2, 0) is 20.9 Å². The van der Waals surface area contributed by atoms with E-state index in [0.717, 1.165) is 15.9 Å². The van der Waals surface area contributed by atoms with Crippen LogP contribution in [0.15, 0.2) is 34.9 Å². The van der Waals surface area contributed by atoms with Crippen molar-refractivity contribution in [1.82, 2.24) is 25.4 Å². The number of esters is 1. The molecule has 0 saturated heterocycles. The number of aryl methyl sites for hydroxylation is 2. The van der Waals surface area contributed by atoms with Gasteiger partial charge in [0.15, 0.2) is 19.0 Å². The summed E-state index contributed by atoms with van der Waals surface area (Å²) in [5, 5.41) is 17.9. The molecule has 0 aliphatic carbocycles. The number of nitrogens with one attached hydrogen (secondary N) is 1. The molecule has 1 N–H and O–H groups in total. The molecule has 0 aliphatic heterocycles. The molecule has 0 aliphatic rings. The highest BCUT2D eigenvalue weighted by molar-refractivity contribution is 5.91. The molecule has 1 aromatic carbocycles. The maximum absolute atomic E-state index is 11.8. The van der Waals surface area contributed by atoms with E-state index in [1.807, 2.05) is 31.2 Å². The van der Waals surface area contributed by atoms with Crippen molar-refractivity contribution in [3.63, 3.8) is 0 Å². The predicted octanol–water partition coefficient (Wildman–Crippen LogP) is 1.13. The van der Waals surface area contributed by atoms with Gasteiger partial charge in [-0.3, -0.25) is 4.79 Å². The van der Waals surface area contributed by atoms with Crippen molar-refractivity contribution in [3.8, 4) is 11.4 Å². The minimum Gasteiger partial charge on any atom is -0.454 e. The van der Waals surface area contributed by atoms with Gasteiger partial charge in [0.2, 0.25) is 5.82 Å². The number of aromatic nitrogens is 5. The van der Waals surface area contributed by atoms with E-state index in [0.29, 0.717) is 11.6 Å². The Bertz CT molecular complexity index is 915. The summed E-state index contributed by atoms with van der Waals surface area (Å²) in [6, 6.07) is 9.14. The van der Waals surface area contributed by atoms with Crippen molar-refractivity contribution in [1.29, 1.82) is 0 Å². The van der Waals surface area contributed by atoms with Crippen LogP contribution in [0.2, 0.25) is 0 Å². The molecule has 3 aromatic rings. The highest BCUT2D eigenvalue weighted by Crippen LogP contribution is 2.13. The lowest BCUT2D eigenvalue weighted by molar-refractivity contribution is -0.148. The minimum atomic E-state index is -0.663. The summed E-state index contributed by atoms with van der Waals surface area (Å²) in [6.07, 6.45) is 0. The van der Waals surface area contributed by atoms with E-state index in [2.05, 4.69) is 25.9 Å². The number of anilines is 1. The van der Waals surface area contributed by atoms with E-state index in [9.17, 15) is 9.59 Å². The van der Waals surface area contributed by atoms with E-state index in [4.69, 9.17) is 9.26 Å². The summed E-state index contributed by atoms with van der Waals surface area (Å²) in [5.74, 6) is 0.0167. The van der Waals surface area contributed by atoms with E-state index >= 15 is 0 Å². The summed E-state index contributed by atoms with van der Waals surface area (Å²) in [6.45, 7) is 2.96. The van der Waals surface area contributed by atoms with Crippen LogP contribution < -0.4 is 5.32 Å². The molecule has 10 nitrogen and oxygen atoms in total. The Balaban J connectivity index is 1.49. The SMILES string of the molecule is Cc1ccc(-c2nnn(CC(=O)OCC(=O)Nc3cc(C)on3)n2)cc1. The first-order valence-corrected chi connectivity index (χ1v) is 7.73. The van der Waals surface area contributed by atoms with Crippen LogP contribution >= 0.6 is 0 Å². The van der Waals surface area contributed by atoms with E-state index < -0.39 is 18.5 Å². The molecular formula is C16H16N6O4. The van der Waals surface area contributed by atoms with Crippen LogP contribution in [0.3, 0.4) is 0 Å². The van der Waals surface area contributed by atoms with Gasteiger partial charge in [0.05, 0.1) is 0 Å². The normalized spacial score (nSPS) is 10.5. The van der Waals surface area contributed by atoms with Gasteiger partial charge in [0, 0.05) is 11.6 Å². The Kier molecular flexibility index (Phi) is 5.02. The second-order valence-electron chi connectivity index (χ2n) is 5.54. The Hall–Kier alpha value is -3.56. The first-order valence-electron chi connectivity index (χ1n) is 7.73. The second kappa shape index (κ2) is 7.55. The Labute approximate surface area is 148 Å². The molecule has 0 unspecified atom stereocenters. The Morgan fingerprint density at radius 2 is 2.00 bits per heavy atom.